The molecule has 1 fully saturated rings. The summed E-state index contributed by atoms with van der Waals surface area (Å²) in [6.45, 7) is 5.84. The average Bonchev–Trinajstić information content (AvgIpc) is 2.41. The van der Waals surface area contributed by atoms with Crippen molar-refractivity contribution in [2.75, 3.05) is 18.4 Å². The maximum atomic E-state index is 5.71. The Kier molecular flexibility index (Phi) is 4.53. The van der Waals surface area contributed by atoms with E-state index in [0.717, 1.165) is 42.1 Å². The summed E-state index contributed by atoms with van der Waals surface area (Å²) in [6, 6.07) is 0. The number of anilines is 1. The summed E-state index contributed by atoms with van der Waals surface area (Å²) in [7, 11) is 0. The van der Waals surface area contributed by atoms with Gasteiger partial charge in [0.15, 0.2) is 0 Å². The number of hydrogen-bond donors (Lipinski definition) is 2. The van der Waals surface area contributed by atoms with E-state index in [2.05, 4.69) is 15.3 Å². The molecule has 0 radical (unpaired) electrons. The summed E-state index contributed by atoms with van der Waals surface area (Å²) in [4.78, 5) is 8.82. The molecule has 1 aliphatic rings. The Morgan fingerprint density at radius 3 is 2.44 bits per heavy atom. The zero-order chi connectivity index (χ0) is 13.0. The lowest BCUT2D eigenvalue weighted by Gasteiger charge is -2.27. The largest absolute Gasteiger partial charge is 0.369 e. The Morgan fingerprint density at radius 2 is 1.83 bits per heavy atom. The first-order chi connectivity index (χ1) is 8.69. The molecule has 0 spiro atoms. The quantitative estimate of drug-likeness (QED) is 0.858. The Morgan fingerprint density at radius 1 is 1.17 bits per heavy atom. The highest BCUT2D eigenvalue weighted by Gasteiger charge is 2.19. The monoisotopic (exact) mass is 248 g/mol. The minimum absolute atomic E-state index is 0.752. The van der Waals surface area contributed by atoms with Gasteiger partial charge in [-0.1, -0.05) is 0 Å². The van der Waals surface area contributed by atoms with Crippen molar-refractivity contribution >= 4 is 5.82 Å². The van der Waals surface area contributed by atoms with Gasteiger partial charge in [-0.15, -0.1) is 0 Å². The summed E-state index contributed by atoms with van der Waals surface area (Å²) in [5.41, 5.74) is 7.72. The zero-order valence-electron chi connectivity index (χ0n) is 11.4. The predicted octanol–water partition coefficient (Wildman–Crippen LogP) is 2.27. The van der Waals surface area contributed by atoms with Crippen LogP contribution in [-0.2, 0) is 0 Å². The van der Waals surface area contributed by atoms with Crippen molar-refractivity contribution in [3.63, 3.8) is 0 Å². The average molecular weight is 248 g/mol. The van der Waals surface area contributed by atoms with Crippen LogP contribution in [0.5, 0.6) is 0 Å². The molecule has 0 bridgehead atoms. The number of aromatic nitrogens is 2. The third-order valence-corrected chi connectivity index (χ3v) is 4.06. The fraction of sp³-hybridized carbons (Fsp3) is 0.714. The molecule has 3 N–H and O–H groups in total. The molecule has 0 unspecified atom stereocenters. The van der Waals surface area contributed by atoms with Crippen molar-refractivity contribution in [3.8, 4) is 0 Å². The van der Waals surface area contributed by atoms with Crippen LogP contribution in [0.4, 0.5) is 5.82 Å². The molecule has 1 aliphatic carbocycles. The van der Waals surface area contributed by atoms with Gasteiger partial charge in [-0.05, 0) is 57.9 Å². The molecule has 0 atom stereocenters. The van der Waals surface area contributed by atoms with E-state index in [9.17, 15) is 0 Å². The third-order valence-electron chi connectivity index (χ3n) is 4.06. The van der Waals surface area contributed by atoms with Crippen LogP contribution < -0.4 is 11.1 Å². The molecule has 4 heteroatoms. The second-order valence-electron chi connectivity index (χ2n) is 5.43. The normalized spacial score (nSPS) is 23.9. The smallest absolute Gasteiger partial charge is 0.144 e. The maximum absolute atomic E-state index is 5.71. The van der Waals surface area contributed by atoms with Crippen LogP contribution in [0.25, 0.3) is 0 Å². The first-order valence-electron chi connectivity index (χ1n) is 6.93. The Bertz CT molecular complexity index is 383. The number of hydrogen-bond acceptors (Lipinski definition) is 4. The van der Waals surface area contributed by atoms with Crippen molar-refractivity contribution < 1.29 is 0 Å². The molecule has 100 valence electrons. The van der Waals surface area contributed by atoms with Gasteiger partial charge in [0.05, 0.1) is 17.6 Å². The third kappa shape index (κ3) is 3.42. The van der Waals surface area contributed by atoms with E-state index in [-0.39, 0.29) is 0 Å². The Balaban J connectivity index is 1.79. The predicted molar refractivity (Wildman–Crippen MR) is 74.5 cm³/mol. The van der Waals surface area contributed by atoms with Gasteiger partial charge in [-0.3, -0.25) is 4.98 Å². The maximum Gasteiger partial charge on any atom is 0.144 e. The molecule has 1 heterocycles. The lowest BCUT2D eigenvalue weighted by Crippen LogP contribution is -2.25. The second-order valence-corrected chi connectivity index (χ2v) is 5.43. The molecule has 2 rings (SSSR count). The molecular weight excluding hydrogens is 224 g/mol. The van der Waals surface area contributed by atoms with Gasteiger partial charge < -0.3 is 11.1 Å². The first-order valence-corrected chi connectivity index (χ1v) is 6.93. The number of aryl methyl sites for hydroxylation is 2. The minimum atomic E-state index is 0.752. The summed E-state index contributed by atoms with van der Waals surface area (Å²) in [5, 5.41) is 3.41. The fourth-order valence-corrected chi connectivity index (χ4v) is 2.55. The van der Waals surface area contributed by atoms with E-state index in [4.69, 9.17) is 5.73 Å². The van der Waals surface area contributed by atoms with Crippen molar-refractivity contribution in [2.24, 2.45) is 17.6 Å². The highest BCUT2D eigenvalue weighted by atomic mass is 15.0. The van der Waals surface area contributed by atoms with E-state index >= 15 is 0 Å². The van der Waals surface area contributed by atoms with Crippen LogP contribution in [0.3, 0.4) is 0 Å². The molecule has 0 aromatic carbocycles. The van der Waals surface area contributed by atoms with Gasteiger partial charge in [0.2, 0.25) is 0 Å². The van der Waals surface area contributed by atoms with Gasteiger partial charge in [-0.25, -0.2) is 4.98 Å². The van der Waals surface area contributed by atoms with Crippen molar-refractivity contribution in [3.05, 3.63) is 17.6 Å². The van der Waals surface area contributed by atoms with Gasteiger partial charge in [0, 0.05) is 6.54 Å². The van der Waals surface area contributed by atoms with Crippen LogP contribution >= 0.6 is 0 Å². The molecule has 4 nitrogen and oxygen atoms in total. The molecule has 0 saturated heterocycles. The van der Waals surface area contributed by atoms with E-state index in [1.165, 1.54) is 25.7 Å². The summed E-state index contributed by atoms with van der Waals surface area (Å²) < 4.78 is 0. The lowest BCUT2D eigenvalue weighted by atomic mass is 9.82. The second kappa shape index (κ2) is 6.14. The lowest BCUT2D eigenvalue weighted by molar-refractivity contribution is 0.289. The first kappa shape index (κ1) is 13.3. The minimum Gasteiger partial charge on any atom is -0.369 e. The van der Waals surface area contributed by atoms with E-state index < -0.39 is 0 Å². The summed E-state index contributed by atoms with van der Waals surface area (Å²) in [6.07, 6.45) is 6.96. The van der Waals surface area contributed by atoms with Gasteiger partial charge >= 0.3 is 0 Å². The van der Waals surface area contributed by atoms with E-state index in [1.54, 1.807) is 0 Å². The number of nitrogens with two attached hydrogens (primary N) is 1. The molecular formula is C14H24N4. The molecule has 1 aromatic heterocycles. The van der Waals surface area contributed by atoms with Gasteiger partial charge in [0.25, 0.3) is 0 Å². The fourth-order valence-electron chi connectivity index (χ4n) is 2.55. The molecule has 0 aliphatic heterocycles. The standard InChI is InChI=1S/C14H24N4/c1-10-11(2)18-14(9-16-10)17-8-13-5-3-12(7-15)4-6-13/h9,12-13H,3-8,15H2,1-2H3,(H,17,18). The Labute approximate surface area is 109 Å². The molecule has 1 saturated carbocycles. The molecule has 0 amide bonds. The van der Waals surface area contributed by atoms with Crippen LogP contribution in [-0.4, -0.2) is 23.1 Å². The molecule has 18 heavy (non-hydrogen) atoms. The zero-order valence-corrected chi connectivity index (χ0v) is 11.4. The van der Waals surface area contributed by atoms with Crippen LogP contribution in [0.15, 0.2) is 6.20 Å². The Hall–Kier alpha value is -1.16. The molecule has 1 aromatic rings. The highest BCUT2D eigenvalue weighted by Crippen LogP contribution is 2.28. The van der Waals surface area contributed by atoms with Crippen LogP contribution in [0.2, 0.25) is 0 Å². The summed E-state index contributed by atoms with van der Waals surface area (Å²) >= 11 is 0. The van der Waals surface area contributed by atoms with Crippen LogP contribution in [0.1, 0.15) is 37.1 Å². The van der Waals surface area contributed by atoms with Crippen molar-refractivity contribution in [1.29, 1.82) is 0 Å². The highest BCUT2D eigenvalue weighted by molar-refractivity contribution is 5.33. The number of rotatable bonds is 4. The van der Waals surface area contributed by atoms with Gasteiger partial charge in [-0.2, -0.15) is 0 Å². The SMILES string of the molecule is Cc1ncc(NCC2CCC(CN)CC2)nc1C. The van der Waals surface area contributed by atoms with Crippen molar-refractivity contribution in [1.82, 2.24) is 9.97 Å². The number of nitrogens with zero attached hydrogens (tertiary/aromatic N) is 2. The van der Waals surface area contributed by atoms with Crippen LogP contribution in [0, 0.1) is 25.7 Å². The van der Waals surface area contributed by atoms with E-state index in [0.29, 0.717) is 0 Å². The topological polar surface area (TPSA) is 63.8 Å². The summed E-state index contributed by atoms with van der Waals surface area (Å²) in [5.74, 6) is 2.41. The van der Waals surface area contributed by atoms with Crippen molar-refractivity contribution in [2.45, 2.75) is 39.5 Å². The van der Waals surface area contributed by atoms with Gasteiger partial charge in [0.1, 0.15) is 5.82 Å². The van der Waals surface area contributed by atoms with E-state index in [1.807, 2.05) is 20.0 Å². The number of nitrogens with one attached hydrogen (secondary N) is 1.